The number of hydrogen-bond donors (Lipinski definition) is 0. The van der Waals surface area contributed by atoms with Crippen molar-refractivity contribution in [1.29, 1.82) is 0 Å². The van der Waals surface area contributed by atoms with Gasteiger partial charge in [0.15, 0.2) is 11.6 Å². The second-order valence-corrected chi connectivity index (χ2v) is 44.0. The molecule has 0 radical (unpaired) electrons. The summed E-state index contributed by atoms with van der Waals surface area (Å²) in [7, 11) is 0. The Bertz CT molecular complexity index is 10800. The third-order valence-electron chi connectivity index (χ3n) is 29.2. The van der Waals surface area contributed by atoms with Gasteiger partial charge in [0.1, 0.15) is 0 Å². The van der Waals surface area contributed by atoms with Crippen molar-refractivity contribution < 1.29 is 0 Å². The first-order valence-electron chi connectivity index (χ1n) is 49.3. The zero-order valence-electron chi connectivity index (χ0n) is 78.6. The summed E-state index contributed by atoms with van der Waals surface area (Å²) in [4.78, 5) is 41.5. The Morgan fingerprint density at radius 2 is 0.537 bits per heavy atom. The Morgan fingerprint density at radius 1 is 0.170 bits per heavy atom. The van der Waals surface area contributed by atoms with Crippen LogP contribution in [0.25, 0.3) is 292 Å². The predicted molar refractivity (Wildman–Crippen MR) is 612 cm³/mol. The van der Waals surface area contributed by atoms with Gasteiger partial charge in [-0.3, -0.25) is 0 Å². The number of benzene rings is 21. The minimum atomic E-state index is 0.144. The maximum atomic E-state index is 5.47. The van der Waals surface area contributed by atoms with Crippen LogP contribution in [0.1, 0.15) is 0 Å². The van der Waals surface area contributed by atoms with E-state index in [0.717, 1.165) is 100 Å². The standard InChI is InChI=1S/C45H27N5Se.C45H28N4Se.C42H23N3Se/c1-3-14-28(15-4-1)43-46-44(34-22-13-21-33-32-20-9-12-25-41(32)51-42(33)34)48-45(47-43)50-38-24-11-8-19-31(38)36-26-35-30-18-7-10-23-37(30)49(39(35)27-40(36)50)29-16-5-2-6-17-29;1-3-12-29(13-4-1)43-46-44(30-14-5-2-6-15-30)48-45(47-43)31-22-25-33(26-23-31)49-39-20-9-7-16-35(39)36-27-24-32(28-40(36)49)34-18-11-19-38-37-17-8-10-21-41(37)50-42(34)38;1-2-12-26-25(11-1)28-14-7-10-24-22-23-35-39(37(24)28)38-29(26)15-9-20-34(38)45(35)42-40(43-32-18-4-5-19-33(32)44-42)31-17-8-16-30-27-13-3-6-21-36(27)46-41(30)31/h1-27H;1-28H;1-23H. The fourth-order valence-electron chi connectivity index (χ4n) is 22.6. The third kappa shape index (κ3) is 13.8. The van der Waals surface area contributed by atoms with E-state index in [2.05, 4.69) is 413 Å². The second kappa shape index (κ2) is 34.4. The molecular formula is C132H78N12Se3. The summed E-state index contributed by atoms with van der Waals surface area (Å²) in [6.45, 7) is 0. The van der Waals surface area contributed by atoms with Gasteiger partial charge in [-0.15, -0.1) is 0 Å². The Labute approximate surface area is 859 Å². The SMILES string of the molecule is c1ccc(-c2nc(-c3cccc4c3[se]c3ccccc34)nc(-n3c4ccccc4c4cc5c6ccccc6n(-c6ccccc6)c5cc43)n2)cc1.c1ccc(-c2nc(-c3ccccc3)nc(-c3ccc(-n4c5ccccc5c5ccc(-c6cccc7c6[se]c6ccccc67)cc54)cc3)n2)cc1.c1ccc2c(c1)-c1cccc3ccc4c(c13)c1c-2cccc1n4-c1nc2ccccc2nc1-c1cccc2c1[se]c1ccccc12. The second-order valence-electron chi connectivity index (χ2n) is 37.4. The molecule has 10 heterocycles. The van der Waals surface area contributed by atoms with Crippen molar-refractivity contribution in [3.8, 4) is 125 Å². The van der Waals surface area contributed by atoms with Crippen LogP contribution in [0.4, 0.5) is 0 Å². The molecule has 684 valence electrons. The topological polar surface area (TPSA) is 123 Å². The van der Waals surface area contributed by atoms with Gasteiger partial charge in [-0.1, -0.05) is 91.0 Å². The van der Waals surface area contributed by atoms with Gasteiger partial charge < -0.3 is 0 Å². The van der Waals surface area contributed by atoms with E-state index in [1.807, 2.05) is 78.9 Å². The first kappa shape index (κ1) is 84.7. The molecule has 0 spiro atoms. The molecule has 0 saturated heterocycles. The molecule has 0 fully saturated rings. The number of rotatable bonds is 11. The van der Waals surface area contributed by atoms with Crippen molar-refractivity contribution in [2.45, 2.75) is 0 Å². The quantitative estimate of drug-likeness (QED) is 0.117. The van der Waals surface area contributed by atoms with Crippen LogP contribution in [0, 0.1) is 0 Å². The molecule has 1 aliphatic rings. The van der Waals surface area contributed by atoms with Crippen molar-refractivity contribution in [2.24, 2.45) is 0 Å². The van der Waals surface area contributed by atoms with E-state index in [1.54, 1.807) is 0 Å². The summed E-state index contributed by atoms with van der Waals surface area (Å²) in [6.07, 6.45) is 0. The minimum absolute atomic E-state index is 0.144. The first-order valence-corrected chi connectivity index (χ1v) is 54.5. The van der Waals surface area contributed by atoms with Gasteiger partial charge in [-0.25, -0.2) is 4.98 Å². The van der Waals surface area contributed by atoms with Crippen LogP contribution < -0.4 is 0 Å². The summed E-state index contributed by atoms with van der Waals surface area (Å²) in [5, 5.41) is 20.4. The van der Waals surface area contributed by atoms with E-state index >= 15 is 0 Å². The zero-order chi connectivity index (χ0) is 96.4. The Balaban J connectivity index is 0.000000102. The molecule has 0 unspecified atom stereocenters. The molecular weight excluding hydrogens is 1990 g/mol. The van der Waals surface area contributed by atoms with Gasteiger partial charge in [-0.2, -0.15) is 0 Å². The van der Waals surface area contributed by atoms with Gasteiger partial charge in [0.2, 0.25) is 0 Å². The summed E-state index contributed by atoms with van der Waals surface area (Å²) < 4.78 is 17.8. The van der Waals surface area contributed by atoms with E-state index in [4.69, 9.17) is 39.9 Å². The molecule has 0 saturated carbocycles. The number of nitrogens with zero attached hydrogens (tertiary/aromatic N) is 12. The van der Waals surface area contributed by atoms with Gasteiger partial charge in [0.25, 0.3) is 0 Å². The van der Waals surface area contributed by atoms with Crippen molar-refractivity contribution in [2.75, 3.05) is 0 Å². The monoisotopic (exact) mass is 2070 g/mol. The predicted octanol–water partition coefficient (Wildman–Crippen LogP) is 32.3. The molecule has 147 heavy (non-hydrogen) atoms. The number of fused-ring (bicyclic) bond motifs is 22. The van der Waals surface area contributed by atoms with E-state index in [1.165, 1.54) is 156 Å². The first-order chi connectivity index (χ1) is 72.9. The van der Waals surface area contributed by atoms with E-state index < -0.39 is 0 Å². The molecule has 1 aliphatic carbocycles. The Hall–Kier alpha value is -18.0. The molecule has 0 amide bonds. The number of aromatic nitrogens is 12. The van der Waals surface area contributed by atoms with Gasteiger partial charge >= 0.3 is 748 Å². The zero-order valence-corrected chi connectivity index (χ0v) is 83.8. The van der Waals surface area contributed by atoms with Crippen molar-refractivity contribution in [3.05, 3.63) is 473 Å². The Kier molecular flexibility index (Phi) is 19.8. The van der Waals surface area contributed by atoms with Gasteiger partial charge in [-0.05, 0) is 0 Å². The fraction of sp³-hybridized carbons (Fsp3) is 0. The van der Waals surface area contributed by atoms with Crippen molar-refractivity contribution in [3.63, 3.8) is 0 Å². The van der Waals surface area contributed by atoms with E-state index in [0.29, 0.717) is 35.1 Å². The third-order valence-corrected chi connectivity index (χ3v) is 36.9. The molecule has 15 heteroatoms. The van der Waals surface area contributed by atoms with Crippen LogP contribution in [0.15, 0.2) is 473 Å². The summed E-state index contributed by atoms with van der Waals surface area (Å²) >= 11 is 0.595. The molecule has 31 aromatic rings. The van der Waals surface area contributed by atoms with Gasteiger partial charge in [0, 0.05) is 11.1 Å². The average molecular weight is 2070 g/mol. The molecule has 21 aromatic carbocycles. The van der Waals surface area contributed by atoms with Crippen LogP contribution in [0.3, 0.4) is 0 Å². The summed E-state index contributed by atoms with van der Waals surface area (Å²) in [6, 6.07) is 169. The average Bonchev–Trinajstić information content (AvgIpc) is 1.55. The van der Waals surface area contributed by atoms with Crippen LogP contribution in [0.5, 0.6) is 0 Å². The molecule has 0 bridgehead atoms. The van der Waals surface area contributed by atoms with Crippen LogP contribution in [-0.2, 0) is 0 Å². The van der Waals surface area contributed by atoms with Crippen LogP contribution >= 0.6 is 0 Å². The molecule has 0 aliphatic heterocycles. The van der Waals surface area contributed by atoms with Crippen LogP contribution in [-0.4, -0.2) is 102 Å². The molecule has 10 aromatic heterocycles. The summed E-state index contributed by atoms with van der Waals surface area (Å²) in [5.41, 5.74) is 27.8. The maximum absolute atomic E-state index is 5.47. The van der Waals surface area contributed by atoms with E-state index in [-0.39, 0.29) is 43.5 Å². The number of para-hydroxylation sites is 6. The van der Waals surface area contributed by atoms with Crippen molar-refractivity contribution >= 4 is 210 Å². The van der Waals surface area contributed by atoms with Crippen LogP contribution in [0.2, 0.25) is 0 Å². The molecule has 0 N–H and O–H groups in total. The normalized spacial score (nSPS) is 11.9. The van der Waals surface area contributed by atoms with Gasteiger partial charge in [0.05, 0.1) is 0 Å². The molecule has 0 atom stereocenters. The van der Waals surface area contributed by atoms with Crippen molar-refractivity contribution in [1.82, 2.24) is 58.1 Å². The van der Waals surface area contributed by atoms with E-state index in [9.17, 15) is 0 Å². The Morgan fingerprint density at radius 3 is 1.12 bits per heavy atom. The number of hydrogen-bond acceptors (Lipinski definition) is 8. The molecule has 12 nitrogen and oxygen atoms in total. The fourth-order valence-corrected chi connectivity index (χ4v) is 30.3. The molecule has 32 rings (SSSR count). The summed E-state index contributed by atoms with van der Waals surface area (Å²) in [5.74, 6) is 4.79.